The molecule has 4 rings (SSSR count). The number of hydrogen-bond donors (Lipinski definition) is 1. The Morgan fingerprint density at radius 1 is 1.25 bits per heavy atom. The minimum Gasteiger partial charge on any atom is -0.393 e. The number of nitrogens with zero attached hydrogens (tertiary/aromatic N) is 2. The lowest BCUT2D eigenvalue weighted by Gasteiger charge is -2.34. The predicted octanol–water partition coefficient (Wildman–Crippen LogP) is 3.90. The van der Waals surface area contributed by atoms with Crippen LogP contribution in [0.2, 0.25) is 0 Å². The van der Waals surface area contributed by atoms with Crippen LogP contribution in [-0.2, 0) is 4.79 Å². The SMILES string of the molecule is CCCN1C(=O)C2=C(C(C3CC(N=O)CC3O)CC=C2)C1c1ccc(F)cc1. The minimum atomic E-state index is -0.600. The molecule has 1 fully saturated rings. The Morgan fingerprint density at radius 2 is 2.00 bits per heavy atom. The fourth-order valence-corrected chi connectivity index (χ4v) is 5.16. The normalized spacial score (nSPS) is 32.2. The first-order valence-electron chi connectivity index (χ1n) is 10.0. The van der Waals surface area contributed by atoms with Gasteiger partial charge in [-0.05, 0) is 60.8 Å². The first kappa shape index (κ1) is 19.0. The van der Waals surface area contributed by atoms with Crippen LogP contribution in [0.3, 0.4) is 0 Å². The van der Waals surface area contributed by atoms with Crippen molar-refractivity contribution in [1.82, 2.24) is 4.90 Å². The van der Waals surface area contributed by atoms with Crippen molar-refractivity contribution in [3.8, 4) is 0 Å². The van der Waals surface area contributed by atoms with E-state index in [4.69, 9.17) is 0 Å². The molecule has 5 unspecified atom stereocenters. The van der Waals surface area contributed by atoms with Gasteiger partial charge in [0.25, 0.3) is 5.91 Å². The van der Waals surface area contributed by atoms with Gasteiger partial charge in [0.2, 0.25) is 0 Å². The fraction of sp³-hybridized carbons (Fsp3) is 0.500. The number of allylic oxidation sites excluding steroid dienone is 1. The molecule has 1 heterocycles. The van der Waals surface area contributed by atoms with Gasteiger partial charge in [-0.1, -0.05) is 36.4 Å². The summed E-state index contributed by atoms with van der Waals surface area (Å²) in [6, 6.07) is 5.70. The second-order valence-corrected chi connectivity index (χ2v) is 8.03. The van der Waals surface area contributed by atoms with E-state index in [9.17, 15) is 19.2 Å². The molecule has 0 aromatic heterocycles. The van der Waals surface area contributed by atoms with Crippen LogP contribution in [0.5, 0.6) is 0 Å². The molecule has 28 heavy (non-hydrogen) atoms. The van der Waals surface area contributed by atoms with Crippen molar-refractivity contribution in [3.05, 3.63) is 63.9 Å². The average Bonchev–Trinajstić information content (AvgIpc) is 3.21. The lowest BCUT2D eigenvalue weighted by molar-refractivity contribution is -0.126. The summed E-state index contributed by atoms with van der Waals surface area (Å²) in [5.74, 6) is -0.446. The third-order valence-corrected chi connectivity index (χ3v) is 6.35. The quantitative estimate of drug-likeness (QED) is 0.783. The fourth-order valence-electron chi connectivity index (χ4n) is 5.16. The third-order valence-electron chi connectivity index (χ3n) is 6.35. The molecule has 1 saturated carbocycles. The smallest absolute Gasteiger partial charge is 0.254 e. The molecular weight excluding hydrogens is 359 g/mol. The summed E-state index contributed by atoms with van der Waals surface area (Å²) < 4.78 is 13.5. The first-order chi connectivity index (χ1) is 13.5. The zero-order chi connectivity index (χ0) is 19.8. The molecule has 148 valence electrons. The van der Waals surface area contributed by atoms with E-state index in [1.807, 2.05) is 24.0 Å². The maximum absolute atomic E-state index is 13.5. The van der Waals surface area contributed by atoms with Crippen molar-refractivity contribution in [3.63, 3.8) is 0 Å². The molecule has 2 aliphatic carbocycles. The van der Waals surface area contributed by atoms with Crippen LogP contribution in [0.4, 0.5) is 4.39 Å². The molecule has 1 aromatic rings. The molecule has 1 N–H and O–H groups in total. The van der Waals surface area contributed by atoms with Crippen LogP contribution in [0.15, 0.2) is 52.7 Å². The van der Waals surface area contributed by atoms with E-state index in [0.29, 0.717) is 25.0 Å². The van der Waals surface area contributed by atoms with Crippen molar-refractivity contribution in [2.45, 2.75) is 50.8 Å². The van der Waals surface area contributed by atoms with Gasteiger partial charge in [-0.25, -0.2) is 4.39 Å². The average molecular weight is 384 g/mol. The highest BCUT2D eigenvalue weighted by Gasteiger charge is 2.48. The van der Waals surface area contributed by atoms with E-state index in [1.54, 1.807) is 12.1 Å². The monoisotopic (exact) mass is 384 g/mol. The zero-order valence-electron chi connectivity index (χ0n) is 15.9. The third kappa shape index (κ3) is 3.09. The summed E-state index contributed by atoms with van der Waals surface area (Å²) in [6.45, 7) is 2.64. The van der Waals surface area contributed by atoms with Crippen molar-refractivity contribution >= 4 is 5.91 Å². The van der Waals surface area contributed by atoms with Crippen LogP contribution in [0.25, 0.3) is 0 Å². The molecule has 1 aromatic carbocycles. The van der Waals surface area contributed by atoms with Gasteiger partial charge in [0.15, 0.2) is 0 Å². The van der Waals surface area contributed by atoms with Gasteiger partial charge in [-0.15, -0.1) is 0 Å². The molecule has 5 atom stereocenters. The highest BCUT2D eigenvalue weighted by molar-refractivity contribution is 6.01. The largest absolute Gasteiger partial charge is 0.393 e. The number of aliphatic hydroxyl groups is 1. The van der Waals surface area contributed by atoms with Crippen LogP contribution in [0, 0.1) is 22.6 Å². The van der Waals surface area contributed by atoms with Crippen molar-refractivity contribution in [2.75, 3.05) is 6.54 Å². The van der Waals surface area contributed by atoms with Gasteiger partial charge in [0, 0.05) is 12.1 Å². The number of carbonyl (C=O) groups is 1. The van der Waals surface area contributed by atoms with Gasteiger partial charge in [0.1, 0.15) is 5.82 Å². The Labute approximate surface area is 163 Å². The lowest BCUT2D eigenvalue weighted by atomic mass is 9.74. The summed E-state index contributed by atoms with van der Waals surface area (Å²) in [5.41, 5.74) is 2.57. The van der Waals surface area contributed by atoms with Gasteiger partial charge >= 0.3 is 0 Å². The molecule has 0 spiro atoms. The summed E-state index contributed by atoms with van der Waals surface area (Å²) >= 11 is 0. The number of hydrogen-bond acceptors (Lipinski definition) is 4. The molecule has 1 amide bonds. The highest BCUT2D eigenvalue weighted by Crippen LogP contribution is 2.50. The van der Waals surface area contributed by atoms with Gasteiger partial charge in [-0.3, -0.25) is 4.79 Å². The molecular formula is C22H25FN2O3. The number of carbonyl (C=O) groups excluding carboxylic acids is 1. The first-order valence-corrected chi connectivity index (χ1v) is 10.0. The molecule has 1 aliphatic heterocycles. The van der Waals surface area contributed by atoms with Crippen LogP contribution in [-0.4, -0.2) is 34.6 Å². The van der Waals surface area contributed by atoms with Crippen molar-refractivity contribution in [1.29, 1.82) is 0 Å². The van der Waals surface area contributed by atoms with E-state index < -0.39 is 6.10 Å². The number of halogens is 1. The van der Waals surface area contributed by atoms with Gasteiger partial charge < -0.3 is 10.0 Å². The van der Waals surface area contributed by atoms with E-state index in [0.717, 1.165) is 24.0 Å². The number of benzene rings is 1. The van der Waals surface area contributed by atoms with E-state index >= 15 is 0 Å². The van der Waals surface area contributed by atoms with E-state index in [-0.39, 0.29) is 35.6 Å². The molecule has 0 radical (unpaired) electrons. The Balaban J connectivity index is 1.77. The van der Waals surface area contributed by atoms with Crippen LogP contribution in [0.1, 0.15) is 44.2 Å². The Kier molecular flexibility index (Phi) is 5.15. The Morgan fingerprint density at radius 3 is 2.64 bits per heavy atom. The molecule has 3 aliphatic rings. The Bertz CT molecular complexity index is 833. The highest BCUT2D eigenvalue weighted by atomic mass is 19.1. The number of amides is 1. The lowest BCUT2D eigenvalue weighted by Crippen LogP contribution is -2.33. The summed E-state index contributed by atoms with van der Waals surface area (Å²) in [4.78, 5) is 26.0. The number of nitroso groups, excluding NO2 is 1. The molecule has 5 nitrogen and oxygen atoms in total. The standard InChI is InChI=1S/C22H25FN2O3/c1-2-10-25-21(13-6-8-14(23)9-7-13)20-16(4-3-5-17(20)22(25)27)18-11-15(24-28)12-19(18)26/h3,5-9,15-16,18-19,21,26H,2,4,10-12H2,1H3. The zero-order valence-corrected chi connectivity index (χ0v) is 15.9. The molecule has 6 heteroatoms. The van der Waals surface area contributed by atoms with E-state index in [1.165, 1.54) is 12.1 Å². The predicted molar refractivity (Wildman–Crippen MR) is 104 cm³/mol. The maximum atomic E-state index is 13.5. The van der Waals surface area contributed by atoms with Crippen LogP contribution >= 0.6 is 0 Å². The minimum absolute atomic E-state index is 0.00956. The maximum Gasteiger partial charge on any atom is 0.254 e. The molecule has 0 bridgehead atoms. The van der Waals surface area contributed by atoms with E-state index in [2.05, 4.69) is 5.18 Å². The summed E-state index contributed by atoms with van der Waals surface area (Å²) in [6.07, 6.45) is 5.74. The van der Waals surface area contributed by atoms with Gasteiger partial charge in [-0.2, -0.15) is 4.91 Å². The topological polar surface area (TPSA) is 70.0 Å². The van der Waals surface area contributed by atoms with Gasteiger partial charge in [0.05, 0.1) is 18.2 Å². The second-order valence-electron chi connectivity index (χ2n) is 8.03. The second kappa shape index (κ2) is 7.59. The number of aliphatic hydroxyl groups excluding tert-OH is 1. The van der Waals surface area contributed by atoms with Crippen molar-refractivity contribution < 1.29 is 14.3 Å². The summed E-state index contributed by atoms with van der Waals surface area (Å²) in [7, 11) is 0. The summed E-state index contributed by atoms with van der Waals surface area (Å²) in [5, 5.41) is 13.7. The van der Waals surface area contributed by atoms with Crippen LogP contribution < -0.4 is 0 Å². The number of rotatable bonds is 5. The Hall–Kier alpha value is -2.34. The molecule has 0 saturated heterocycles. The van der Waals surface area contributed by atoms with Crippen molar-refractivity contribution in [2.24, 2.45) is 17.0 Å².